The predicted octanol–water partition coefficient (Wildman–Crippen LogP) is 3.01. The first kappa shape index (κ1) is 14.8. The van der Waals surface area contributed by atoms with E-state index < -0.39 is 10.0 Å². The summed E-state index contributed by atoms with van der Waals surface area (Å²) in [5.74, 6) is 6.77. The maximum absolute atomic E-state index is 12.4. The van der Waals surface area contributed by atoms with Crippen LogP contribution in [-0.4, -0.2) is 14.3 Å². The Kier molecular flexibility index (Phi) is 3.71. The van der Waals surface area contributed by atoms with Gasteiger partial charge in [0.25, 0.3) is 10.0 Å². The molecular weight excluding hydrogens is 310 g/mol. The minimum Gasteiger partial charge on any atom is -0.263 e. The van der Waals surface area contributed by atoms with E-state index in [4.69, 9.17) is 17.4 Å². The van der Waals surface area contributed by atoms with E-state index in [0.29, 0.717) is 16.5 Å². The molecule has 21 heavy (non-hydrogen) atoms. The van der Waals surface area contributed by atoms with E-state index in [1.54, 1.807) is 6.07 Å². The van der Waals surface area contributed by atoms with Crippen LogP contribution in [0.25, 0.3) is 0 Å². The van der Waals surface area contributed by atoms with Crippen molar-refractivity contribution in [1.82, 2.24) is 0 Å². The average Bonchev–Trinajstić information content (AvgIpc) is 2.43. The average molecular weight is 328 g/mol. The molecule has 0 radical (unpaired) electrons. The zero-order valence-electron chi connectivity index (χ0n) is 11.8. The molecule has 5 nitrogen and oxygen atoms in total. The molecule has 3 rings (SSSR count). The molecule has 0 spiro atoms. The number of benzene rings is 1. The minimum absolute atomic E-state index is 0.0922. The number of fused-ring (bicyclic) bond motifs is 1. The maximum atomic E-state index is 12.4. The fourth-order valence-corrected chi connectivity index (χ4v) is 4.87. The first-order valence-corrected chi connectivity index (χ1v) is 8.92. The third-order valence-electron chi connectivity index (χ3n) is 4.18. The summed E-state index contributed by atoms with van der Waals surface area (Å²) in [6.45, 7) is 1.81. The van der Waals surface area contributed by atoms with Gasteiger partial charge in [-0.2, -0.15) is 8.42 Å². The first-order chi connectivity index (χ1) is 9.90. The Hall–Kier alpha value is -1.11. The molecule has 7 heteroatoms. The van der Waals surface area contributed by atoms with Crippen molar-refractivity contribution in [2.45, 2.75) is 43.9 Å². The molecule has 1 fully saturated rings. The molecule has 0 saturated heterocycles. The van der Waals surface area contributed by atoms with Crippen LogP contribution in [0, 0.1) is 12.8 Å². The van der Waals surface area contributed by atoms with Crippen molar-refractivity contribution < 1.29 is 8.42 Å². The highest BCUT2D eigenvalue weighted by atomic mass is 35.5. The van der Waals surface area contributed by atoms with Gasteiger partial charge < -0.3 is 0 Å². The molecule has 114 valence electrons. The molecule has 2 aliphatic rings. The van der Waals surface area contributed by atoms with Crippen molar-refractivity contribution in [3.05, 3.63) is 22.7 Å². The lowest BCUT2D eigenvalue weighted by atomic mass is 9.88. The van der Waals surface area contributed by atoms with Gasteiger partial charge in [-0.05, 0) is 37.5 Å². The highest BCUT2D eigenvalue weighted by Crippen LogP contribution is 2.38. The van der Waals surface area contributed by atoms with Crippen LogP contribution in [0.3, 0.4) is 0 Å². The second-order valence-corrected chi connectivity index (χ2v) is 7.71. The Labute approximate surface area is 129 Å². The number of hydrogen-bond acceptors (Lipinski definition) is 4. The molecule has 1 aliphatic heterocycles. The minimum atomic E-state index is -3.74. The van der Waals surface area contributed by atoms with Crippen molar-refractivity contribution in [2.24, 2.45) is 16.2 Å². The summed E-state index contributed by atoms with van der Waals surface area (Å²) in [6, 6.07) is 3.14. The first-order valence-electron chi connectivity index (χ1n) is 7.10. The number of nitrogens with zero attached hydrogens (tertiary/aromatic N) is 2. The van der Waals surface area contributed by atoms with Crippen molar-refractivity contribution >= 4 is 33.1 Å². The van der Waals surface area contributed by atoms with Crippen LogP contribution in [0.4, 0.5) is 5.69 Å². The van der Waals surface area contributed by atoms with E-state index in [2.05, 4.69) is 4.40 Å². The van der Waals surface area contributed by atoms with E-state index in [0.717, 1.165) is 31.2 Å². The third kappa shape index (κ3) is 2.56. The van der Waals surface area contributed by atoms with Crippen molar-refractivity contribution in [1.29, 1.82) is 0 Å². The molecule has 1 aliphatic carbocycles. The number of sulfonamides is 1. The van der Waals surface area contributed by atoms with Gasteiger partial charge in [0.1, 0.15) is 10.7 Å². The molecule has 0 unspecified atom stereocenters. The zero-order valence-corrected chi connectivity index (χ0v) is 13.4. The molecular formula is C14H18ClN3O2S. The van der Waals surface area contributed by atoms with Crippen molar-refractivity contribution in [3.8, 4) is 0 Å². The maximum Gasteiger partial charge on any atom is 0.286 e. The highest BCUT2D eigenvalue weighted by Gasteiger charge is 2.35. The van der Waals surface area contributed by atoms with Gasteiger partial charge in [0, 0.05) is 10.9 Å². The van der Waals surface area contributed by atoms with Crippen LogP contribution in [0.2, 0.25) is 5.02 Å². The highest BCUT2D eigenvalue weighted by molar-refractivity contribution is 7.90. The standard InChI is InChI=1S/C14H18ClN3O2S/c1-9-7-11(15)8-12-13(9)18(16)14(17-21(12,19)20)10-5-3-2-4-6-10/h7-8,10H,2-6,16H2,1H3. The van der Waals surface area contributed by atoms with E-state index in [9.17, 15) is 8.42 Å². The molecule has 0 atom stereocenters. The fourth-order valence-electron chi connectivity index (χ4n) is 3.17. The predicted molar refractivity (Wildman–Crippen MR) is 84.1 cm³/mol. The Morgan fingerprint density at radius 3 is 2.62 bits per heavy atom. The number of hydrazine groups is 1. The molecule has 0 aromatic heterocycles. The van der Waals surface area contributed by atoms with Gasteiger partial charge in [0.05, 0.1) is 5.69 Å². The van der Waals surface area contributed by atoms with Crippen molar-refractivity contribution in [2.75, 3.05) is 5.01 Å². The number of nitrogens with two attached hydrogens (primary N) is 1. The van der Waals surface area contributed by atoms with Crippen LogP contribution in [0.5, 0.6) is 0 Å². The van der Waals surface area contributed by atoms with Crippen LogP contribution >= 0.6 is 11.6 Å². The van der Waals surface area contributed by atoms with Crippen LogP contribution < -0.4 is 10.9 Å². The fraction of sp³-hybridized carbons (Fsp3) is 0.500. The number of halogens is 1. The molecule has 0 amide bonds. The van der Waals surface area contributed by atoms with Crippen LogP contribution in [0.15, 0.2) is 21.4 Å². The Morgan fingerprint density at radius 1 is 1.29 bits per heavy atom. The SMILES string of the molecule is Cc1cc(Cl)cc2c1N(N)C(C1CCCCC1)=NS2(=O)=O. The van der Waals surface area contributed by atoms with Gasteiger partial charge >= 0.3 is 0 Å². The summed E-state index contributed by atoms with van der Waals surface area (Å²) < 4.78 is 28.9. The van der Waals surface area contributed by atoms with Gasteiger partial charge in [0.2, 0.25) is 0 Å². The van der Waals surface area contributed by atoms with Gasteiger partial charge in [-0.1, -0.05) is 30.9 Å². The van der Waals surface area contributed by atoms with E-state index >= 15 is 0 Å². The second-order valence-electron chi connectivity index (χ2n) is 5.70. The zero-order chi connectivity index (χ0) is 15.2. The summed E-state index contributed by atoms with van der Waals surface area (Å²) in [6.07, 6.45) is 5.23. The summed E-state index contributed by atoms with van der Waals surface area (Å²) in [7, 11) is -3.74. The summed E-state index contributed by atoms with van der Waals surface area (Å²) in [5, 5.41) is 1.82. The van der Waals surface area contributed by atoms with Gasteiger partial charge in [-0.3, -0.25) is 5.01 Å². The van der Waals surface area contributed by atoms with Gasteiger partial charge in [-0.15, -0.1) is 4.40 Å². The van der Waals surface area contributed by atoms with Gasteiger partial charge in [0.15, 0.2) is 0 Å². The van der Waals surface area contributed by atoms with Crippen molar-refractivity contribution in [3.63, 3.8) is 0 Å². The quantitative estimate of drug-likeness (QED) is 0.804. The lowest BCUT2D eigenvalue weighted by Gasteiger charge is -2.33. The van der Waals surface area contributed by atoms with E-state index in [-0.39, 0.29) is 10.8 Å². The Balaban J connectivity index is 2.13. The smallest absolute Gasteiger partial charge is 0.263 e. The molecule has 1 aromatic rings. The summed E-state index contributed by atoms with van der Waals surface area (Å²) in [4.78, 5) is 0.0922. The van der Waals surface area contributed by atoms with Crippen LogP contribution in [-0.2, 0) is 10.0 Å². The van der Waals surface area contributed by atoms with Crippen LogP contribution in [0.1, 0.15) is 37.7 Å². The Morgan fingerprint density at radius 2 is 1.95 bits per heavy atom. The Bertz CT molecular complexity index is 709. The topological polar surface area (TPSA) is 75.8 Å². The number of anilines is 1. The molecule has 2 N–H and O–H groups in total. The van der Waals surface area contributed by atoms with E-state index in [1.807, 2.05) is 6.92 Å². The molecule has 1 heterocycles. The number of aryl methyl sites for hydroxylation is 1. The summed E-state index contributed by atoms with van der Waals surface area (Å²) in [5.41, 5.74) is 1.24. The molecule has 0 bridgehead atoms. The largest absolute Gasteiger partial charge is 0.286 e. The van der Waals surface area contributed by atoms with Gasteiger partial charge in [-0.25, -0.2) is 5.84 Å². The normalized spacial score (nSPS) is 21.9. The lowest BCUT2D eigenvalue weighted by Crippen LogP contribution is -2.46. The monoisotopic (exact) mass is 327 g/mol. The lowest BCUT2D eigenvalue weighted by molar-refractivity contribution is 0.435. The number of amidine groups is 1. The number of hydrogen-bond donors (Lipinski definition) is 1. The third-order valence-corrected chi connectivity index (χ3v) is 5.69. The summed E-state index contributed by atoms with van der Waals surface area (Å²) >= 11 is 5.97. The molecule has 1 aromatic carbocycles. The number of rotatable bonds is 1. The van der Waals surface area contributed by atoms with E-state index in [1.165, 1.54) is 17.5 Å². The molecule has 1 saturated carbocycles. The second kappa shape index (κ2) is 5.26.